The van der Waals surface area contributed by atoms with Gasteiger partial charge in [0, 0.05) is 31.0 Å². The van der Waals surface area contributed by atoms with Crippen molar-refractivity contribution in [3.05, 3.63) is 22.3 Å². The van der Waals surface area contributed by atoms with Crippen LogP contribution >= 0.6 is 15.9 Å². The Hall–Kier alpha value is -2.90. The molecule has 3 fully saturated rings. The van der Waals surface area contributed by atoms with E-state index in [0.29, 0.717) is 22.3 Å². The molecule has 3 aliphatic rings. The zero-order valence-electron chi connectivity index (χ0n) is 34.2. The topological polar surface area (TPSA) is 214 Å². The number of esters is 1. The van der Waals surface area contributed by atoms with Crippen molar-refractivity contribution in [3.63, 3.8) is 0 Å². The summed E-state index contributed by atoms with van der Waals surface area (Å²) in [5.74, 6) is -4.32. The number of fused-ring (bicyclic) bond motifs is 5. The van der Waals surface area contributed by atoms with Gasteiger partial charge in [-0.2, -0.15) is 0 Å². The number of halogens is 1. The van der Waals surface area contributed by atoms with Crippen molar-refractivity contribution < 1.29 is 53.1 Å². The predicted molar refractivity (Wildman–Crippen MR) is 211 cm³/mol. The van der Waals surface area contributed by atoms with Crippen molar-refractivity contribution in [1.29, 1.82) is 0 Å². The molecule has 17 heteroatoms. The maximum absolute atomic E-state index is 14.4. The highest BCUT2D eigenvalue weighted by Gasteiger charge is 2.51. The highest BCUT2D eigenvalue weighted by atomic mass is 79.9. The van der Waals surface area contributed by atoms with Crippen LogP contribution in [0.5, 0.6) is 0 Å². The number of nitrogen functional groups attached to an aromatic ring is 1. The van der Waals surface area contributed by atoms with Crippen LogP contribution in [-0.2, 0) is 49.5 Å². The molecule has 1 aromatic rings. The SMILES string of the molecule is CC[C@@H]1OC(=O)[C@H](C)C(=O)[C@H](C)[C@@H](O[C@@H]2O[C@H](C)C[C@H](N(C)C)[C@H]2O)[C@@]2(C)C[C@@H](C)C(=NC(C)=O)C[C@H](OC/C(=N/OCc3ccc(Br)c(N)n3)CO2)[C@]1(C)O. The Labute approximate surface area is 338 Å². The van der Waals surface area contributed by atoms with Crippen LogP contribution in [0.1, 0.15) is 86.8 Å². The molecule has 3 aliphatic heterocycles. The standard InChI is InChI=1S/C39H60BrN5O11/c1-11-30-39(8,50)31-15-28(42-24(6)46)20(2)16-38(7,52-18-26(17-51-31)44-53-19-25-12-13-27(40)35(41)43-25)34(22(4)32(47)23(5)36(49)55-30)56-37-33(48)29(45(9)10)14-21(3)54-37/h12-13,20-23,29-31,33-34,37,48,50H,11,14-19H2,1-10H3,(H2,41,43)/b42-28?,44-26-/t20-,21-,22+,23-,29+,30+,31+,33-,34-,37+,38-,39-/m1/s1. The minimum atomic E-state index is -1.83. The summed E-state index contributed by atoms with van der Waals surface area (Å²) in [6.07, 6.45) is -5.12. The minimum absolute atomic E-state index is 0.0316. The number of nitrogens with two attached hydrogens (primary N) is 1. The first-order chi connectivity index (χ1) is 26.2. The molecule has 1 aromatic heterocycles. The number of anilines is 1. The number of likely N-dealkylation sites (N-methyl/N-ethyl adjacent to an activating group) is 1. The van der Waals surface area contributed by atoms with Crippen molar-refractivity contribution in [2.45, 2.75) is 142 Å². The number of carbonyl (C=O) groups excluding carboxylic acids is 3. The lowest BCUT2D eigenvalue weighted by Gasteiger charge is -2.47. The lowest BCUT2D eigenvalue weighted by molar-refractivity contribution is -0.296. The van der Waals surface area contributed by atoms with Crippen LogP contribution in [0.3, 0.4) is 0 Å². The smallest absolute Gasteiger partial charge is 0.316 e. The molecule has 0 aliphatic carbocycles. The van der Waals surface area contributed by atoms with Crippen LogP contribution in [0, 0.1) is 17.8 Å². The summed E-state index contributed by atoms with van der Waals surface area (Å²) >= 11 is 3.34. The van der Waals surface area contributed by atoms with E-state index in [4.69, 9.17) is 34.3 Å². The van der Waals surface area contributed by atoms with Crippen LogP contribution < -0.4 is 5.73 Å². The van der Waals surface area contributed by atoms with E-state index in [0.717, 1.165) is 0 Å². The Morgan fingerprint density at radius 1 is 1.16 bits per heavy atom. The fourth-order valence-corrected chi connectivity index (χ4v) is 8.01. The summed E-state index contributed by atoms with van der Waals surface area (Å²) in [7, 11) is 3.72. The fourth-order valence-electron chi connectivity index (χ4n) is 7.79. The van der Waals surface area contributed by atoms with E-state index >= 15 is 0 Å². The number of aliphatic hydroxyl groups excluding tert-OH is 1. The van der Waals surface area contributed by atoms with Crippen molar-refractivity contribution >= 4 is 50.8 Å². The van der Waals surface area contributed by atoms with Gasteiger partial charge >= 0.3 is 5.97 Å². The molecule has 0 aromatic carbocycles. The Balaban J connectivity index is 1.90. The second-order valence-corrected chi connectivity index (χ2v) is 16.9. The zero-order valence-corrected chi connectivity index (χ0v) is 35.8. The Morgan fingerprint density at radius 2 is 1.86 bits per heavy atom. The molecule has 0 saturated carbocycles. The molecule has 0 radical (unpaired) electrons. The van der Waals surface area contributed by atoms with E-state index in [1.165, 1.54) is 20.8 Å². The summed E-state index contributed by atoms with van der Waals surface area (Å²) < 4.78 is 32.7. The number of oxime groups is 1. The van der Waals surface area contributed by atoms with E-state index in [1.54, 1.807) is 32.9 Å². The molecule has 1 amide bonds. The van der Waals surface area contributed by atoms with Gasteiger partial charge in [-0.15, -0.1) is 0 Å². The van der Waals surface area contributed by atoms with Crippen LogP contribution in [0.15, 0.2) is 26.8 Å². The molecule has 12 atom stereocenters. The number of cyclic esters (lactones) is 1. The number of rotatable bonds is 7. The van der Waals surface area contributed by atoms with E-state index in [2.05, 4.69) is 31.1 Å². The molecule has 0 unspecified atom stereocenters. The third-order valence-electron chi connectivity index (χ3n) is 11.1. The molecule has 4 heterocycles. The largest absolute Gasteiger partial charge is 0.459 e. The van der Waals surface area contributed by atoms with Crippen molar-refractivity contribution in [1.82, 2.24) is 9.88 Å². The van der Waals surface area contributed by atoms with Gasteiger partial charge in [0.2, 0.25) is 5.91 Å². The first-order valence-corrected chi connectivity index (χ1v) is 20.0. The number of hydrogen-bond acceptors (Lipinski definition) is 15. The third-order valence-corrected chi connectivity index (χ3v) is 11.8. The Bertz CT molecular complexity index is 1630. The molecule has 4 rings (SSSR count). The number of Topliss-reactive ketones (excluding diaryl/α,β-unsaturated/α-hetero) is 1. The number of carbonyl (C=O) groups is 3. The third kappa shape index (κ3) is 11.0. The quantitative estimate of drug-likeness (QED) is 0.203. The van der Waals surface area contributed by atoms with Gasteiger partial charge in [-0.25, -0.2) is 9.98 Å². The fraction of sp³-hybridized carbons (Fsp3) is 0.744. The number of pyridine rings is 1. The van der Waals surface area contributed by atoms with E-state index in [1.807, 2.05) is 32.8 Å². The van der Waals surface area contributed by atoms with Gasteiger partial charge < -0.3 is 49.4 Å². The van der Waals surface area contributed by atoms with Gasteiger partial charge in [0.25, 0.3) is 0 Å². The number of amides is 1. The highest BCUT2D eigenvalue weighted by Crippen LogP contribution is 2.39. The van der Waals surface area contributed by atoms with Gasteiger partial charge in [0.1, 0.15) is 35.3 Å². The summed E-state index contributed by atoms with van der Waals surface area (Å²) in [6.45, 7) is 12.7. The average molecular weight is 855 g/mol. The van der Waals surface area contributed by atoms with Crippen LogP contribution in [0.25, 0.3) is 0 Å². The van der Waals surface area contributed by atoms with E-state index < -0.39 is 77.3 Å². The van der Waals surface area contributed by atoms with Crippen molar-refractivity contribution in [2.75, 3.05) is 33.0 Å². The van der Waals surface area contributed by atoms with Gasteiger partial charge in [-0.1, -0.05) is 25.9 Å². The number of hydrogen-bond donors (Lipinski definition) is 3. The van der Waals surface area contributed by atoms with Gasteiger partial charge in [0.05, 0.1) is 47.3 Å². The number of aliphatic hydroxyl groups is 2. The molecule has 16 nitrogen and oxygen atoms in total. The highest BCUT2D eigenvalue weighted by molar-refractivity contribution is 9.10. The molecule has 314 valence electrons. The lowest BCUT2D eigenvalue weighted by Crippen LogP contribution is -2.59. The van der Waals surface area contributed by atoms with Crippen molar-refractivity contribution in [3.8, 4) is 0 Å². The zero-order chi connectivity index (χ0) is 41.7. The molecular weight excluding hydrogens is 794 g/mol. The Kier molecular flexibility index (Phi) is 15.7. The van der Waals surface area contributed by atoms with Gasteiger partial charge in [-0.05, 0) is 95.0 Å². The molecule has 4 N–H and O–H groups in total. The van der Waals surface area contributed by atoms with Crippen LogP contribution in [-0.4, -0.2) is 131 Å². The van der Waals surface area contributed by atoms with Gasteiger partial charge in [-0.3, -0.25) is 14.4 Å². The Morgan fingerprint density at radius 3 is 2.48 bits per heavy atom. The molecular formula is C39H60BrN5O11. The second kappa shape index (κ2) is 19.2. The second-order valence-electron chi connectivity index (χ2n) is 16.0. The maximum atomic E-state index is 14.4. The van der Waals surface area contributed by atoms with Crippen molar-refractivity contribution in [2.24, 2.45) is 27.9 Å². The number of aromatic nitrogens is 1. The molecule has 2 bridgehead atoms. The summed E-state index contributed by atoms with van der Waals surface area (Å²) in [5, 5.41) is 28.2. The summed E-state index contributed by atoms with van der Waals surface area (Å²) in [5.41, 5.74) is 3.92. The van der Waals surface area contributed by atoms with Crippen LogP contribution in [0.4, 0.5) is 5.82 Å². The number of ether oxygens (including phenoxy) is 5. The lowest BCUT2D eigenvalue weighted by atomic mass is 9.76. The molecule has 56 heavy (non-hydrogen) atoms. The van der Waals surface area contributed by atoms with Gasteiger partial charge in [0.15, 0.2) is 18.7 Å². The average Bonchev–Trinajstić information content (AvgIpc) is 3.14. The maximum Gasteiger partial charge on any atom is 0.316 e. The van der Waals surface area contributed by atoms with Crippen LogP contribution in [0.2, 0.25) is 0 Å². The number of ketones is 1. The number of aliphatic imine (C=N–C) groups is 1. The number of nitrogens with zero attached hydrogens (tertiary/aromatic N) is 4. The van der Waals surface area contributed by atoms with E-state index in [-0.39, 0.29) is 62.8 Å². The summed E-state index contributed by atoms with van der Waals surface area (Å²) in [6, 6.07) is 3.15. The monoisotopic (exact) mass is 853 g/mol. The first kappa shape index (κ1) is 45.8. The first-order valence-electron chi connectivity index (χ1n) is 19.2. The molecule has 3 saturated heterocycles. The normalized spacial score (nSPS) is 38.1. The minimum Gasteiger partial charge on any atom is -0.459 e. The summed E-state index contributed by atoms with van der Waals surface area (Å²) in [4.78, 5) is 57.1. The predicted octanol–water partition coefficient (Wildman–Crippen LogP) is 3.62. The molecule has 0 spiro atoms. The van der Waals surface area contributed by atoms with E-state index in [9.17, 15) is 24.6 Å².